The molecule has 0 bridgehead atoms. The molecule has 1 rings (SSSR count). The van der Waals surface area contributed by atoms with E-state index in [4.69, 9.17) is 5.84 Å². The summed E-state index contributed by atoms with van der Waals surface area (Å²) in [4.78, 5) is 8.93. The second kappa shape index (κ2) is 6.39. The smallest absolute Gasteiger partial charge is 0.145 e. The second-order valence-electron chi connectivity index (χ2n) is 7.20. The molecule has 0 atom stereocenters. The van der Waals surface area contributed by atoms with Crippen LogP contribution in [-0.2, 0) is 6.42 Å². The summed E-state index contributed by atoms with van der Waals surface area (Å²) < 4.78 is 0. The topological polar surface area (TPSA) is 75.9 Å². The molecule has 1 aromatic heterocycles. The third-order valence-corrected chi connectivity index (χ3v) is 2.83. The van der Waals surface area contributed by atoms with Crippen LogP contribution in [0.15, 0.2) is 6.07 Å². The molecule has 0 fully saturated rings. The maximum atomic E-state index is 5.48. The highest BCUT2D eigenvalue weighted by atomic mass is 15.3. The van der Waals surface area contributed by atoms with E-state index in [1.807, 2.05) is 6.07 Å². The number of hydrogen-bond acceptors (Lipinski definition) is 5. The first kappa shape index (κ1) is 16.7. The third-order valence-electron chi connectivity index (χ3n) is 2.83. The lowest BCUT2D eigenvalue weighted by Gasteiger charge is -2.33. The average molecular weight is 279 g/mol. The van der Waals surface area contributed by atoms with E-state index in [-0.39, 0.29) is 11.0 Å². The SMILES string of the molecule is CCCc1nc(NN)cc(NC(C)(C)CC(C)(C)C)n1. The summed E-state index contributed by atoms with van der Waals surface area (Å²) >= 11 is 0. The van der Waals surface area contributed by atoms with Crippen LogP contribution in [-0.4, -0.2) is 15.5 Å². The van der Waals surface area contributed by atoms with Crippen molar-refractivity contribution in [2.24, 2.45) is 11.3 Å². The highest BCUT2D eigenvalue weighted by molar-refractivity contribution is 5.48. The first-order valence-corrected chi connectivity index (χ1v) is 7.28. The number of rotatable bonds is 6. The molecule has 1 heterocycles. The molecule has 20 heavy (non-hydrogen) atoms. The standard InChI is InChI=1S/C15H29N5/c1-7-8-11-17-12(9-13(18-11)20-16)19-15(5,6)10-14(2,3)4/h9H,7-8,10,16H2,1-6H3,(H2,17,18,19,20). The van der Waals surface area contributed by atoms with Gasteiger partial charge in [0.15, 0.2) is 0 Å². The van der Waals surface area contributed by atoms with Gasteiger partial charge in [0.05, 0.1) is 0 Å². The molecule has 0 aromatic carbocycles. The molecular formula is C15H29N5. The fourth-order valence-corrected chi connectivity index (χ4v) is 2.69. The maximum Gasteiger partial charge on any atom is 0.145 e. The first-order valence-electron chi connectivity index (χ1n) is 7.28. The number of aryl methyl sites for hydroxylation is 1. The van der Waals surface area contributed by atoms with Crippen LogP contribution in [0, 0.1) is 5.41 Å². The number of anilines is 2. The monoisotopic (exact) mass is 279 g/mol. The van der Waals surface area contributed by atoms with Crippen molar-refractivity contribution >= 4 is 11.6 Å². The summed E-state index contributed by atoms with van der Waals surface area (Å²) in [7, 11) is 0. The normalized spacial score (nSPS) is 12.3. The number of aromatic nitrogens is 2. The van der Waals surface area contributed by atoms with Gasteiger partial charge in [0.1, 0.15) is 17.5 Å². The van der Waals surface area contributed by atoms with Crippen molar-refractivity contribution in [3.05, 3.63) is 11.9 Å². The van der Waals surface area contributed by atoms with Crippen molar-refractivity contribution in [1.29, 1.82) is 0 Å². The predicted octanol–water partition coefficient (Wildman–Crippen LogP) is 3.34. The summed E-state index contributed by atoms with van der Waals surface area (Å²) in [5.74, 6) is 7.77. The van der Waals surface area contributed by atoms with Crippen molar-refractivity contribution in [3.8, 4) is 0 Å². The van der Waals surface area contributed by atoms with Crippen LogP contribution in [0.1, 0.15) is 60.2 Å². The van der Waals surface area contributed by atoms with E-state index in [2.05, 4.69) is 62.3 Å². The number of nitrogen functional groups attached to an aromatic ring is 1. The molecule has 0 saturated carbocycles. The maximum absolute atomic E-state index is 5.48. The van der Waals surface area contributed by atoms with Gasteiger partial charge < -0.3 is 10.7 Å². The lowest BCUT2D eigenvalue weighted by molar-refractivity contribution is 0.302. The molecule has 0 saturated heterocycles. The van der Waals surface area contributed by atoms with Crippen LogP contribution in [0.3, 0.4) is 0 Å². The van der Waals surface area contributed by atoms with Gasteiger partial charge in [0, 0.05) is 18.0 Å². The van der Waals surface area contributed by atoms with Gasteiger partial charge in [-0.1, -0.05) is 27.7 Å². The molecule has 0 unspecified atom stereocenters. The van der Waals surface area contributed by atoms with Gasteiger partial charge in [0.25, 0.3) is 0 Å². The zero-order valence-corrected chi connectivity index (χ0v) is 13.7. The Balaban J connectivity index is 2.92. The van der Waals surface area contributed by atoms with Crippen LogP contribution in [0.5, 0.6) is 0 Å². The Morgan fingerprint density at radius 3 is 2.20 bits per heavy atom. The van der Waals surface area contributed by atoms with Crippen LogP contribution < -0.4 is 16.6 Å². The molecule has 5 heteroatoms. The van der Waals surface area contributed by atoms with E-state index in [1.165, 1.54) is 0 Å². The van der Waals surface area contributed by atoms with Crippen molar-refractivity contribution in [1.82, 2.24) is 9.97 Å². The Labute approximate surface area is 122 Å². The van der Waals surface area contributed by atoms with E-state index >= 15 is 0 Å². The summed E-state index contributed by atoms with van der Waals surface area (Å²) in [5.41, 5.74) is 2.82. The highest BCUT2D eigenvalue weighted by Crippen LogP contribution is 2.29. The van der Waals surface area contributed by atoms with Crippen LogP contribution in [0.4, 0.5) is 11.6 Å². The van der Waals surface area contributed by atoms with Gasteiger partial charge in [-0.25, -0.2) is 15.8 Å². The van der Waals surface area contributed by atoms with E-state index in [0.717, 1.165) is 30.9 Å². The van der Waals surface area contributed by atoms with Crippen molar-refractivity contribution < 1.29 is 0 Å². The summed E-state index contributed by atoms with van der Waals surface area (Å²) in [6.45, 7) is 13.2. The van der Waals surface area contributed by atoms with Gasteiger partial charge in [-0.05, 0) is 32.1 Å². The predicted molar refractivity (Wildman–Crippen MR) is 85.6 cm³/mol. The molecule has 0 amide bonds. The molecule has 0 spiro atoms. The zero-order valence-electron chi connectivity index (χ0n) is 13.7. The van der Waals surface area contributed by atoms with Crippen molar-refractivity contribution in [2.45, 2.75) is 66.3 Å². The van der Waals surface area contributed by atoms with Crippen LogP contribution in [0.2, 0.25) is 0 Å². The summed E-state index contributed by atoms with van der Waals surface area (Å²) in [6, 6.07) is 1.85. The largest absolute Gasteiger partial charge is 0.365 e. The van der Waals surface area contributed by atoms with Gasteiger partial charge in [-0.15, -0.1) is 0 Å². The molecular weight excluding hydrogens is 250 g/mol. The highest BCUT2D eigenvalue weighted by Gasteiger charge is 2.25. The quantitative estimate of drug-likeness (QED) is 0.550. The van der Waals surface area contributed by atoms with E-state index in [1.54, 1.807) is 0 Å². The van der Waals surface area contributed by atoms with Crippen molar-refractivity contribution in [3.63, 3.8) is 0 Å². The minimum absolute atomic E-state index is 0.0397. The van der Waals surface area contributed by atoms with E-state index < -0.39 is 0 Å². The van der Waals surface area contributed by atoms with Gasteiger partial charge >= 0.3 is 0 Å². The number of hydrazine groups is 1. The molecule has 4 N–H and O–H groups in total. The summed E-state index contributed by atoms with van der Waals surface area (Å²) in [6.07, 6.45) is 2.90. The van der Waals surface area contributed by atoms with Crippen LogP contribution in [0.25, 0.3) is 0 Å². The summed E-state index contributed by atoms with van der Waals surface area (Å²) in [5, 5.41) is 3.50. The fourth-order valence-electron chi connectivity index (χ4n) is 2.69. The Morgan fingerprint density at radius 1 is 1.10 bits per heavy atom. The number of nitrogens with one attached hydrogen (secondary N) is 2. The first-order chi connectivity index (χ1) is 9.15. The van der Waals surface area contributed by atoms with Crippen LogP contribution >= 0.6 is 0 Å². The molecule has 0 radical (unpaired) electrons. The van der Waals surface area contributed by atoms with Gasteiger partial charge in [0.2, 0.25) is 0 Å². The lowest BCUT2D eigenvalue weighted by Crippen LogP contribution is -2.36. The molecule has 114 valence electrons. The van der Waals surface area contributed by atoms with Gasteiger partial charge in [-0.2, -0.15) is 0 Å². The minimum Gasteiger partial charge on any atom is -0.365 e. The Morgan fingerprint density at radius 2 is 1.70 bits per heavy atom. The Bertz CT molecular complexity index is 434. The molecule has 0 aliphatic carbocycles. The zero-order chi connectivity index (χ0) is 15.4. The van der Waals surface area contributed by atoms with Gasteiger partial charge in [-0.3, -0.25) is 0 Å². The fraction of sp³-hybridized carbons (Fsp3) is 0.733. The number of hydrogen-bond donors (Lipinski definition) is 3. The Hall–Kier alpha value is -1.36. The molecule has 0 aliphatic heterocycles. The minimum atomic E-state index is -0.0397. The number of nitrogens with two attached hydrogens (primary N) is 1. The van der Waals surface area contributed by atoms with E-state index in [9.17, 15) is 0 Å². The lowest BCUT2D eigenvalue weighted by atomic mass is 9.82. The van der Waals surface area contributed by atoms with Crippen molar-refractivity contribution in [2.75, 3.05) is 10.7 Å². The Kier molecular flexibility index (Phi) is 5.34. The average Bonchev–Trinajstić information content (AvgIpc) is 2.24. The molecule has 5 nitrogen and oxygen atoms in total. The third kappa shape index (κ3) is 5.74. The number of nitrogens with zero attached hydrogens (tertiary/aromatic N) is 2. The van der Waals surface area contributed by atoms with E-state index in [0.29, 0.717) is 5.82 Å². The second-order valence-corrected chi connectivity index (χ2v) is 7.20. The molecule has 0 aliphatic rings. The molecule has 1 aromatic rings.